The number of hydrogen-bond donors (Lipinski definition) is 2. The van der Waals surface area contributed by atoms with Crippen molar-refractivity contribution >= 4 is 57.9 Å². The van der Waals surface area contributed by atoms with E-state index >= 15 is 0 Å². The molecule has 4 aromatic rings. The van der Waals surface area contributed by atoms with Gasteiger partial charge in [-0.3, -0.25) is 9.69 Å². The number of hydrogen-bond acceptors (Lipinski definition) is 7. The maximum atomic E-state index is 13.6. The summed E-state index contributed by atoms with van der Waals surface area (Å²) in [6.45, 7) is 1.79. The lowest BCUT2D eigenvalue weighted by molar-refractivity contribution is -0.145. The third-order valence-corrected chi connectivity index (χ3v) is 7.70. The number of aliphatic carboxylic acids is 1. The van der Waals surface area contributed by atoms with Crippen molar-refractivity contribution in [1.82, 2.24) is 14.7 Å². The molecule has 1 amide bonds. The maximum absolute atomic E-state index is 13.6. The van der Waals surface area contributed by atoms with Gasteiger partial charge in [-0.1, -0.05) is 72.0 Å². The Labute approximate surface area is 244 Å². The second kappa shape index (κ2) is 11.5. The average molecular weight is 592 g/mol. The molecule has 0 bridgehead atoms. The number of phenols is 1. The molecule has 0 aliphatic carbocycles. The van der Waals surface area contributed by atoms with Gasteiger partial charge < -0.3 is 14.9 Å². The van der Waals surface area contributed by atoms with E-state index in [4.69, 9.17) is 28.6 Å². The van der Waals surface area contributed by atoms with E-state index in [0.717, 1.165) is 22.3 Å². The number of aromatic nitrogens is 2. The molecular weight excluding hydrogens is 570 g/mol. The van der Waals surface area contributed by atoms with Crippen LogP contribution in [0.25, 0.3) is 11.8 Å². The second-order valence-corrected chi connectivity index (χ2v) is 11.0. The van der Waals surface area contributed by atoms with Crippen molar-refractivity contribution in [3.63, 3.8) is 0 Å². The number of aryl methyl sites for hydroxylation is 1. The SMILES string of the molecule is Cc1nn(-c2ccccc2)c(Oc2cccc(Cl)c2)c1/C=C1\SC(=S)N([C@@H](Cc2ccc(O)cc2)C(=O)O)C1=O. The van der Waals surface area contributed by atoms with E-state index in [0.29, 0.717) is 33.5 Å². The number of thiocarbonyl (C=S) groups is 1. The number of halogens is 1. The van der Waals surface area contributed by atoms with Gasteiger partial charge in [0.2, 0.25) is 5.88 Å². The number of thioether (sulfide) groups is 1. The lowest BCUT2D eigenvalue weighted by atomic mass is 10.0. The number of nitrogens with zero attached hydrogens (tertiary/aromatic N) is 3. The molecule has 8 nitrogen and oxygen atoms in total. The number of benzene rings is 3. The smallest absolute Gasteiger partial charge is 0.327 e. The third kappa shape index (κ3) is 5.74. The Hall–Kier alpha value is -4.12. The van der Waals surface area contributed by atoms with Crippen molar-refractivity contribution in [3.8, 4) is 23.1 Å². The van der Waals surface area contributed by atoms with Crippen LogP contribution in [-0.4, -0.2) is 47.1 Å². The first kappa shape index (κ1) is 27.4. The average Bonchev–Trinajstić information content (AvgIpc) is 3.38. The van der Waals surface area contributed by atoms with E-state index in [1.807, 2.05) is 30.3 Å². The Morgan fingerprint density at radius 1 is 1.12 bits per heavy atom. The molecule has 0 unspecified atom stereocenters. The zero-order valence-electron chi connectivity index (χ0n) is 21.0. The van der Waals surface area contributed by atoms with Gasteiger partial charge in [0.05, 0.1) is 21.8 Å². The van der Waals surface area contributed by atoms with E-state index in [2.05, 4.69) is 5.10 Å². The molecule has 1 aromatic heterocycles. The van der Waals surface area contributed by atoms with Crippen LogP contribution in [0.4, 0.5) is 0 Å². The molecule has 1 fully saturated rings. The van der Waals surface area contributed by atoms with Gasteiger partial charge in [-0.2, -0.15) is 9.78 Å². The van der Waals surface area contributed by atoms with Crippen molar-refractivity contribution < 1.29 is 24.5 Å². The van der Waals surface area contributed by atoms with E-state index in [1.165, 1.54) is 12.1 Å². The van der Waals surface area contributed by atoms with Crippen LogP contribution in [0.3, 0.4) is 0 Å². The fourth-order valence-corrected chi connectivity index (χ4v) is 5.71. The van der Waals surface area contributed by atoms with Crippen molar-refractivity contribution in [2.75, 3.05) is 0 Å². The monoisotopic (exact) mass is 591 g/mol. The lowest BCUT2D eigenvalue weighted by Crippen LogP contribution is -2.45. The molecule has 3 aromatic carbocycles. The summed E-state index contributed by atoms with van der Waals surface area (Å²) >= 11 is 12.7. The molecule has 1 aliphatic heterocycles. The number of carbonyl (C=O) groups excluding carboxylic acids is 1. The molecular formula is C29H22ClN3O5S2. The van der Waals surface area contributed by atoms with Crippen LogP contribution in [-0.2, 0) is 16.0 Å². The van der Waals surface area contributed by atoms with Gasteiger partial charge in [-0.05, 0) is 61.0 Å². The predicted octanol–water partition coefficient (Wildman–Crippen LogP) is 6.23. The van der Waals surface area contributed by atoms with Gasteiger partial charge >= 0.3 is 5.97 Å². The van der Waals surface area contributed by atoms with Crippen LogP contribution in [0.5, 0.6) is 17.4 Å². The van der Waals surface area contributed by atoms with E-state index in [9.17, 15) is 19.8 Å². The Morgan fingerprint density at radius 2 is 1.85 bits per heavy atom. The van der Waals surface area contributed by atoms with Crippen molar-refractivity contribution in [2.45, 2.75) is 19.4 Å². The number of carbonyl (C=O) groups is 2. The Balaban J connectivity index is 1.53. The normalized spacial score (nSPS) is 15.1. The fraction of sp³-hybridized carbons (Fsp3) is 0.103. The Kier molecular flexibility index (Phi) is 7.92. The topological polar surface area (TPSA) is 105 Å². The first-order chi connectivity index (χ1) is 19.2. The molecule has 0 spiro atoms. The first-order valence-corrected chi connectivity index (χ1v) is 13.7. The summed E-state index contributed by atoms with van der Waals surface area (Å²) in [7, 11) is 0. The maximum Gasteiger partial charge on any atom is 0.327 e. The summed E-state index contributed by atoms with van der Waals surface area (Å²) in [5, 5.41) is 24.7. The van der Waals surface area contributed by atoms with Crippen LogP contribution in [0.1, 0.15) is 16.8 Å². The number of rotatable bonds is 8. The van der Waals surface area contributed by atoms with Gasteiger partial charge in [0.1, 0.15) is 21.9 Å². The zero-order valence-corrected chi connectivity index (χ0v) is 23.4. The molecule has 1 aliphatic rings. The minimum Gasteiger partial charge on any atom is -0.508 e. The summed E-state index contributed by atoms with van der Waals surface area (Å²) in [5.74, 6) is -0.821. The zero-order chi connectivity index (χ0) is 28.4. The number of phenolic OH excluding ortho intramolecular Hbond substituents is 1. The molecule has 2 N–H and O–H groups in total. The molecule has 5 rings (SSSR count). The van der Waals surface area contributed by atoms with E-state index in [1.54, 1.807) is 54.1 Å². The van der Waals surface area contributed by atoms with Crippen molar-refractivity contribution in [2.24, 2.45) is 0 Å². The van der Waals surface area contributed by atoms with Crippen LogP contribution >= 0.6 is 35.6 Å². The van der Waals surface area contributed by atoms with Gasteiger partial charge in [-0.25, -0.2) is 4.79 Å². The minimum atomic E-state index is -1.22. The quantitative estimate of drug-likeness (QED) is 0.184. The molecule has 1 saturated heterocycles. The highest BCUT2D eigenvalue weighted by atomic mass is 35.5. The highest BCUT2D eigenvalue weighted by Gasteiger charge is 2.41. The predicted molar refractivity (Wildman–Crippen MR) is 158 cm³/mol. The number of para-hydroxylation sites is 1. The van der Waals surface area contributed by atoms with Crippen LogP contribution in [0.15, 0.2) is 83.8 Å². The van der Waals surface area contributed by atoms with E-state index in [-0.39, 0.29) is 21.4 Å². The van der Waals surface area contributed by atoms with Gasteiger partial charge in [0.15, 0.2) is 0 Å². The number of ether oxygens (including phenoxy) is 1. The highest BCUT2D eigenvalue weighted by Crippen LogP contribution is 2.39. The largest absolute Gasteiger partial charge is 0.508 e. The third-order valence-electron chi connectivity index (χ3n) is 6.14. The summed E-state index contributed by atoms with van der Waals surface area (Å²) < 4.78 is 8.03. The van der Waals surface area contributed by atoms with Crippen molar-refractivity contribution in [1.29, 1.82) is 0 Å². The number of amides is 1. The Morgan fingerprint density at radius 3 is 2.52 bits per heavy atom. The highest BCUT2D eigenvalue weighted by molar-refractivity contribution is 8.26. The van der Waals surface area contributed by atoms with Crippen molar-refractivity contribution in [3.05, 3.63) is 106 Å². The van der Waals surface area contributed by atoms with Crippen LogP contribution in [0, 0.1) is 6.92 Å². The molecule has 40 heavy (non-hydrogen) atoms. The van der Waals surface area contributed by atoms with Crippen LogP contribution < -0.4 is 4.74 Å². The first-order valence-electron chi connectivity index (χ1n) is 12.1. The lowest BCUT2D eigenvalue weighted by Gasteiger charge is -2.23. The minimum absolute atomic E-state index is 0.0173. The number of carboxylic acid groups (broad SMARTS) is 1. The van der Waals surface area contributed by atoms with E-state index < -0.39 is 17.9 Å². The van der Waals surface area contributed by atoms with Gasteiger partial charge in [0.25, 0.3) is 5.91 Å². The number of aromatic hydroxyl groups is 1. The second-order valence-electron chi connectivity index (χ2n) is 8.89. The Bertz CT molecular complexity index is 1640. The summed E-state index contributed by atoms with van der Waals surface area (Å²) in [6.07, 6.45) is 1.64. The van der Waals surface area contributed by atoms with Gasteiger partial charge in [0, 0.05) is 11.4 Å². The summed E-state index contributed by atoms with van der Waals surface area (Å²) in [5.41, 5.74) is 2.51. The molecule has 1 atom stereocenters. The van der Waals surface area contributed by atoms with Gasteiger partial charge in [-0.15, -0.1) is 0 Å². The summed E-state index contributed by atoms with van der Waals surface area (Å²) in [6, 6.07) is 21.2. The fourth-order valence-electron chi connectivity index (χ4n) is 4.19. The number of carboxylic acids is 1. The summed E-state index contributed by atoms with van der Waals surface area (Å²) in [4.78, 5) is 27.2. The molecule has 202 valence electrons. The standard InChI is InChI=1S/C29H22ClN3O5S2/c1-17-23(27(38-22-9-5-6-19(30)15-22)33(31-17)20-7-3-2-4-8-20)16-25-26(35)32(29(39)40-25)24(28(36)37)14-18-10-12-21(34)13-11-18/h2-13,15-16,24,34H,14H2,1H3,(H,36,37)/b25-16-/t24-/m0/s1. The van der Waals surface area contributed by atoms with Crippen LogP contribution in [0.2, 0.25) is 5.02 Å². The molecule has 2 heterocycles. The molecule has 11 heteroatoms. The molecule has 0 radical (unpaired) electrons. The molecule has 0 saturated carbocycles.